The SMILES string of the molecule is COc1ccc(CNC(=O)C2CCN(Cc3ccncc3)CC2)cc1. The first-order chi connectivity index (χ1) is 12.2. The molecule has 0 saturated carbocycles. The first-order valence-electron chi connectivity index (χ1n) is 8.76. The molecule has 2 heterocycles. The third kappa shape index (κ3) is 5.03. The molecule has 5 heteroatoms. The van der Waals surface area contributed by atoms with Crippen molar-refractivity contribution in [3.8, 4) is 5.75 Å². The minimum absolute atomic E-state index is 0.118. The lowest BCUT2D eigenvalue weighted by atomic mass is 9.95. The van der Waals surface area contributed by atoms with E-state index in [-0.39, 0.29) is 11.8 Å². The van der Waals surface area contributed by atoms with Crippen LogP contribution < -0.4 is 10.1 Å². The van der Waals surface area contributed by atoms with Crippen molar-refractivity contribution in [3.63, 3.8) is 0 Å². The van der Waals surface area contributed by atoms with Gasteiger partial charge in [-0.1, -0.05) is 12.1 Å². The average molecular weight is 339 g/mol. The van der Waals surface area contributed by atoms with E-state index < -0.39 is 0 Å². The van der Waals surface area contributed by atoms with Crippen LogP contribution in [0, 0.1) is 5.92 Å². The Morgan fingerprint density at radius 3 is 2.44 bits per heavy atom. The zero-order valence-electron chi connectivity index (χ0n) is 14.6. The molecule has 1 aromatic heterocycles. The fourth-order valence-electron chi connectivity index (χ4n) is 3.18. The molecule has 0 spiro atoms. The van der Waals surface area contributed by atoms with Gasteiger partial charge in [-0.15, -0.1) is 0 Å². The first-order valence-corrected chi connectivity index (χ1v) is 8.76. The van der Waals surface area contributed by atoms with E-state index >= 15 is 0 Å². The number of ether oxygens (including phenoxy) is 1. The molecule has 1 aromatic carbocycles. The van der Waals surface area contributed by atoms with Crippen LogP contribution in [-0.2, 0) is 17.9 Å². The highest BCUT2D eigenvalue weighted by molar-refractivity contribution is 5.78. The van der Waals surface area contributed by atoms with Crippen molar-refractivity contribution in [1.82, 2.24) is 15.2 Å². The van der Waals surface area contributed by atoms with Crippen LogP contribution in [0.3, 0.4) is 0 Å². The standard InChI is InChI=1S/C20H25N3O2/c1-25-19-4-2-16(3-5-19)14-22-20(24)18-8-12-23(13-9-18)15-17-6-10-21-11-7-17/h2-7,10-11,18H,8-9,12-15H2,1H3,(H,22,24). The van der Waals surface area contributed by atoms with Gasteiger partial charge >= 0.3 is 0 Å². The molecule has 25 heavy (non-hydrogen) atoms. The van der Waals surface area contributed by atoms with E-state index in [0.717, 1.165) is 43.8 Å². The maximum atomic E-state index is 12.4. The molecule has 2 aromatic rings. The minimum atomic E-state index is 0.118. The zero-order valence-corrected chi connectivity index (χ0v) is 14.6. The van der Waals surface area contributed by atoms with Gasteiger partial charge in [0, 0.05) is 31.4 Å². The molecular formula is C20H25N3O2. The number of rotatable bonds is 6. The number of nitrogens with one attached hydrogen (secondary N) is 1. The van der Waals surface area contributed by atoms with Crippen LogP contribution in [0.4, 0.5) is 0 Å². The maximum absolute atomic E-state index is 12.4. The van der Waals surface area contributed by atoms with E-state index in [4.69, 9.17) is 4.74 Å². The van der Waals surface area contributed by atoms with Crippen LogP contribution in [0.25, 0.3) is 0 Å². The molecule has 0 aliphatic carbocycles. The summed E-state index contributed by atoms with van der Waals surface area (Å²) in [5.41, 5.74) is 2.36. The summed E-state index contributed by atoms with van der Waals surface area (Å²) in [4.78, 5) is 18.9. The molecule has 0 bridgehead atoms. The molecule has 0 atom stereocenters. The average Bonchev–Trinajstić information content (AvgIpc) is 2.68. The second-order valence-electron chi connectivity index (χ2n) is 6.47. The lowest BCUT2D eigenvalue weighted by Crippen LogP contribution is -2.40. The molecule has 1 N–H and O–H groups in total. The van der Waals surface area contributed by atoms with Gasteiger partial charge in [0.25, 0.3) is 0 Å². The van der Waals surface area contributed by atoms with Gasteiger partial charge in [0.2, 0.25) is 5.91 Å². The molecule has 0 unspecified atom stereocenters. The molecule has 5 nitrogen and oxygen atoms in total. The number of carbonyl (C=O) groups excluding carboxylic acids is 1. The van der Waals surface area contributed by atoms with Crippen LogP contribution in [-0.4, -0.2) is 36.0 Å². The van der Waals surface area contributed by atoms with Crippen molar-refractivity contribution < 1.29 is 9.53 Å². The Hall–Kier alpha value is -2.40. The van der Waals surface area contributed by atoms with E-state index in [0.29, 0.717) is 6.54 Å². The Bertz CT molecular complexity index is 665. The van der Waals surface area contributed by atoms with E-state index in [1.807, 2.05) is 48.8 Å². The van der Waals surface area contributed by atoms with Gasteiger partial charge in [-0.2, -0.15) is 0 Å². The van der Waals surface area contributed by atoms with Gasteiger partial charge in [-0.3, -0.25) is 14.7 Å². The van der Waals surface area contributed by atoms with Gasteiger partial charge < -0.3 is 10.1 Å². The first kappa shape index (κ1) is 17.4. The maximum Gasteiger partial charge on any atom is 0.223 e. The number of carbonyl (C=O) groups is 1. The van der Waals surface area contributed by atoms with E-state index in [9.17, 15) is 4.79 Å². The lowest BCUT2D eigenvalue weighted by molar-refractivity contribution is -0.126. The molecule has 0 radical (unpaired) electrons. The predicted octanol–water partition coefficient (Wildman–Crippen LogP) is 2.62. The van der Waals surface area contributed by atoms with Crippen LogP contribution in [0.5, 0.6) is 5.75 Å². The number of likely N-dealkylation sites (tertiary alicyclic amines) is 1. The van der Waals surface area contributed by atoms with E-state index in [2.05, 4.69) is 15.2 Å². The van der Waals surface area contributed by atoms with Gasteiger partial charge in [0.05, 0.1) is 7.11 Å². The summed E-state index contributed by atoms with van der Waals surface area (Å²) >= 11 is 0. The van der Waals surface area contributed by atoms with Crippen LogP contribution in [0.15, 0.2) is 48.8 Å². The highest BCUT2D eigenvalue weighted by atomic mass is 16.5. The topological polar surface area (TPSA) is 54.5 Å². The number of piperidine rings is 1. The molecular weight excluding hydrogens is 314 g/mol. The molecule has 1 saturated heterocycles. The zero-order chi connectivity index (χ0) is 17.5. The van der Waals surface area contributed by atoms with Gasteiger partial charge in [-0.05, 0) is 61.3 Å². The second kappa shape index (κ2) is 8.62. The fourth-order valence-corrected chi connectivity index (χ4v) is 3.18. The number of hydrogen-bond donors (Lipinski definition) is 1. The second-order valence-corrected chi connectivity index (χ2v) is 6.47. The lowest BCUT2D eigenvalue weighted by Gasteiger charge is -2.31. The highest BCUT2D eigenvalue weighted by Crippen LogP contribution is 2.19. The minimum Gasteiger partial charge on any atom is -0.497 e. The van der Waals surface area contributed by atoms with Gasteiger partial charge in [0.15, 0.2) is 0 Å². The number of aromatic nitrogens is 1. The number of pyridine rings is 1. The van der Waals surface area contributed by atoms with E-state index in [1.54, 1.807) is 7.11 Å². The number of benzene rings is 1. The van der Waals surface area contributed by atoms with Crippen LogP contribution >= 0.6 is 0 Å². The van der Waals surface area contributed by atoms with Gasteiger partial charge in [-0.25, -0.2) is 0 Å². The van der Waals surface area contributed by atoms with Gasteiger partial charge in [0.1, 0.15) is 5.75 Å². The number of nitrogens with zero attached hydrogens (tertiary/aromatic N) is 2. The number of amides is 1. The van der Waals surface area contributed by atoms with Crippen LogP contribution in [0.2, 0.25) is 0 Å². The molecule has 3 rings (SSSR count). The molecule has 1 fully saturated rings. The number of methoxy groups -OCH3 is 1. The van der Waals surface area contributed by atoms with Crippen molar-refractivity contribution in [1.29, 1.82) is 0 Å². The smallest absolute Gasteiger partial charge is 0.223 e. The summed E-state index contributed by atoms with van der Waals surface area (Å²) in [5, 5.41) is 3.06. The normalized spacial score (nSPS) is 15.7. The molecule has 1 aliphatic heterocycles. The summed E-state index contributed by atoms with van der Waals surface area (Å²) in [7, 11) is 1.65. The van der Waals surface area contributed by atoms with Crippen LogP contribution in [0.1, 0.15) is 24.0 Å². The Labute approximate surface area is 149 Å². The largest absolute Gasteiger partial charge is 0.497 e. The molecule has 1 amide bonds. The quantitative estimate of drug-likeness (QED) is 0.879. The third-order valence-electron chi connectivity index (χ3n) is 4.74. The van der Waals surface area contributed by atoms with Crippen molar-refractivity contribution >= 4 is 5.91 Å². The predicted molar refractivity (Wildman–Crippen MR) is 97.1 cm³/mol. The Balaban J connectivity index is 1.41. The summed E-state index contributed by atoms with van der Waals surface area (Å²) in [6, 6.07) is 11.9. The van der Waals surface area contributed by atoms with Crippen molar-refractivity contribution in [3.05, 3.63) is 59.9 Å². The Morgan fingerprint density at radius 2 is 1.80 bits per heavy atom. The fraction of sp³-hybridized carbons (Fsp3) is 0.400. The Morgan fingerprint density at radius 1 is 1.12 bits per heavy atom. The van der Waals surface area contributed by atoms with Crippen molar-refractivity contribution in [2.75, 3.05) is 20.2 Å². The summed E-state index contributed by atoms with van der Waals surface area (Å²) in [6.07, 6.45) is 5.49. The highest BCUT2D eigenvalue weighted by Gasteiger charge is 2.24. The summed E-state index contributed by atoms with van der Waals surface area (Å²) in [5.74, 6) is 1.11. The molecule has 132 valence electrons. The van der Waals surface area contributed by atoms with Crippen molar-refractivity contribution in [2.45, 2.75) is 25.9 Å². The number of hydrogen-bond acceptors (Lipinski definition) is 4. The summed E-state index contributed by atoms with van der Waals surface area (Å²) in [6.45, 7) is 3.43. The Kier molecular flexibility index (Phi) is 6.01. The summed E-state index contributed by atoms with van der Waals surface area (Å²) < 4.78 is 5.15. The molecule has 1 aliphatic rings. The monoisotopic (exact) mass is 339 g/mol. The third-order valence-corrected chi connectivity index (χ3v) is 4.74. The van der Waals surface area contributed by atoms with Crippen molar-refractivity contribution in [2.24, 2.45) is 5.92 Å². The van der Waals surface area contributed by atoms with E-state index in [1.165, 1.54) is 5.56 Å².